The molecular weight excluding hydrogens is 365 g/mol. The first-order chi connectivity index (χ1) is 12.6. The summed E-state index contributed by atoms with van der Waals surface area (Å²) in [5.74, 6) is 2.32. The summed E-state index contributed by atoms with van der Waals surface area (Å²) in [7, 11) is -3.33. The molecule has 0 aromatic heterocycles. The van der Waals surface area contributed by atoms with Gasteiger partial charge < -0.3 is 9.05 Å². The summed E-state index contributed by atoms with van der Waals surface area (Å²) < 4.78 is 23.8. The first-order valence-electron chi connectivity index (χ1n) is 8.39. The van der Waals surface area contributed by atoms with Gasteiger partial charge in [-0.3, -0.25) is 4.57 Å². The van der Waals surface area contributed by atoms with Crippen molar-refractivity contribution >= 4 is 24.3 Å². The Bertz CT molecular complexity index is 803. The second kappa shape index (κ2) is 10.4. The SMILES string of the molecule is CCOP(=O)(/C=C(/SCc1ccccc1)c1ccc(C#N)cc1)OCC. The number of thioether (sulfide) groups is 1. The predicted octanol–water partition coefficient (Wildman–Crippen LogP) is 6.06. The zero-order valence-corrected chi connectivity index (χ0v) is 16.6. The summed E-state index contributed by atoms with van der Waals surface area (Å²) in [5, 5.41) is 8.99. The molecule has 0 spiro atoms. The van der Waals surface area contributed by atoms with Crippen molar-refractivity contribution in [3.63, 3.8) is 0 Å². The Morgan fingerprint density at radius 3 is 2.23 bits per heavy atom. The van der Waals surface area contributed by atoms with Gasteiger partial charge in [0, 0.05) is 16.5 Å². The number of nitrogens with zero attached hydrogens (tertiary/aromatic N) is 1. The van der Waals surface area contributed by atoms with E-state index in [2.05, 4.69) is 6.07 Å². The zero-order chi connectivity index (χ0) is 18.8. The third-order valence-electron chi connectivity index (χ3n) is 3.43. The predicted molar refractivity (Wildman–Crippen MR) is 108 cm³/mol. The van der Waals surface area contributed by atoms with Crippen molar-refractivity contribution in [1.82, 2.24) is 0 Å². The van der Waals surface area contributed by atoms with Gasteiger partial charge in [0.25, 0.3) is 0 Å². The van der Waals surface area contributed by atoms with E-state index in [1.807, 2.05) is 42.5 Å². The Kier molecular flexibility index (Phi) is 8.15. The highest BCUT2D eigenvalue weighted by molar-refractivity contribution is 8.07. The molecule has 2 aromatic carbocycles. The van der Waals surface area contributed by atoms with Gasteiger partial charge in [-0.15, -0.1) is 11.8 Å². The van der Waals surface area contributed by atoms with Crippen LogP contribution in [0.25, 0.3) is 4.91 Å². The van der Waals surface area contributed by atoms with Gasteiger partial charge in [-0.25, -0.2) is 0 Å². The third-order valence-corrected chi connectivity index (χ3v) is 6.56. The fraction of sp³-hybridized carbons (Fsp3) is 0.250. The fourth-order valence-electron chi connectivity index (χ4n) is 2.25. The van der Waals surface area contributed by atoms with E-state index in [9.17, 15) is 4.57 Å². The highest BCUT2D eigenvalue weighted by Crippen LogP contribution is 2.53. The van der Waals surface area contributed by atoms with Crippen molar-refractivity contribution in [2.75, 3.05) is 13.2 Å². The molecule has 0 bridgehead atoms. The van der Waals surface area contributed by atoms with Crippen LogP contribution in [0.4, 0.5) is 0 Å². The Morgan fingerprint density at radius 2 is 1.69 bits per heavy atom. The van der Waals surface area contributed by atoms with Crippen molar-refractivity contribution < 1.29 is 13.6 Å². The maximum atomic E-state index is 12.9. The molecule has 4 nitrogen and oxygen atoms in total. The third kappa shape index (κ3) is 6.16. The van der Waals surface area contributed by atoms with Crippen molar-refractivity contribution in [2.24, 2.45) is 0 Å². The summed E-state index contributed by atoms with van der Waals surface area (Å²) in [4.78, 5) is 0.809. The monoisotopic (exact) mass is 387 g/mol. The largest absolute Gasteiger partial charge is 0.355 e. The molecular formula is C20H22NO3PS. The van der Waals surface area contributed by atoms with E-state index in [1.54, 1.807) is 43.6 Å². The van der Waals surface area contributed by atoms with Crippen molar-refractivity contribution in [3.05, 3.63) is 77.1 Å². The Morgan fingerprint density at radius 1 is 1.08 bits per heavy atom. The molecule has 0 saturated heterocycles. The lowest BCUT2D eigenvalue weighted by molar-refractivity contribution is 0.229. The van der Waals surface area contributed by atoms with Crippen LogP contribution in [-0.2, 0) is 19.4 Å². The summed E-state index contributed by atoms with van der Waals surface area (Å²) in [5.41, 5.74) is 2.63. The minimum Gasteiger partial charge on any atom is -0.306 e. The second-order valence-corrected chi connectivity index (χ2v) is 8.20. The molecule has 0 amide bonds. The van der Waals surface area contributed by atoms with Crippen molar-refractivity contribution in [3.8, 4) is 6.07 Å². The van der Waals surface area contributed by atoms with Crippen molar-refractivity contribution in [1.29, 1.82) is 5.26 Å². The maximum Gasteiger partial charge on any atom is 0.355 e. The molecule has 2 aromatic rings. The van der Waals surface area contributed by atoms with E-state index in [0.717, 1.165) is 16.2 Å². The average molecular weight is 387 g/mol. The molecule has 0 heterocycles. The summed E-state index contributed by atoms with van der Waals surface area (Å²) >= 11 is 1.57. The van der Waals surface area contributed by atoms with Crippen LogP contribution in [0.2, 0.25) is 0 Å². The van der Waals surface area contributed by atoms with Gasteiger partial charge in [0.05, 0.1) is 24.8 Å². The highest BCUT2D eigenvalue weighted by atomic mass is 32.2. The molecule has 2 rings (SSSR count). The second-order valence-electron chi connectivity index (χ2n) is 5.33. The van der Waals surface area contributed by atoms with Gasteiger partial charge in [0.15, 0.2) is 0 Å². The van der Waals surface area contributed by atoms with Crippen LogP contribution >= 0.6 is 19.4 Å². The van der Waals surface area contributed by atoms with E-state index in [4.69, 9.17) is 14.3 Å². The summed E-state index contributed by atoms with van der Waals surface area (Å²) in [6.07, 6.45) is 0. The molecule has 0 unspecified atom stereocenters. The lowest BCUT2D eigenvalue weighted by Crippen LogP contribution is -1.94. The van der Waals surface area contributed by atoms with E-state index < -0.39 is 7.60 Å². The van der Waals surface area contributed by atoms with Crippen LogP contribution in [0, 0.1) is 11.3 Å². The van der Waals surface area contributed by atoms with Gasteiger partial charge >= 0.3 is 7.60 Å². The van der Waals surface area contributed by atoms with Crippen LogP contribution in [0.3, 0.4) is 0 Å². The van der Waals surface area contributed by atoms with E-state index in [-0.39, 0.29) is 0 Å². The average Bonchev–Trinajstić information content (AvgIpc) is 2.66. The topological polar surface area (TPSA) is 59.3 Å². The van der Waals surface area contributed by atoms with Gasteiger partial charge in [-0.1, -0.05) is 42.5 Å². The van der Waals surface area contributed by atoms with Gasteiger partial charge in [0.1, 0.15) is 0 Å². The first-order valence-corrected chi connectivity index (χ1v) is 11.0. The number of rotatable bonds is 9. The molecule has 0 N–H and O–H groups in total. The van der Waals surface area contributed by atoms with Gasteiger partial charge in [-0.05, 0) is 37.1 Å². The molecule has 6 heteroatoms. The van der Waals surface area contributed by atoms with Crippen LogP contribution in [-0.4, -0.2) is 13.2 Å². The van der Waals surface area contributed by atoms with Crippen molar-refractivity contribution in [2.45, 2.75) is 19.6 Å². The molecule has 0 saturated carbocycles. The maximum absolute atomic E-state index is 12.9. The number of benzene rings is 2. The molecule has 0 fully saturated rings. The van der Waals surface area contributed by atoms with E-state index in [0.29, 0.717) is 18.8 Å². The molecule has 0 aliphatic carbocycles. The van der Waals surface area contributed by atoms with Crippen LogP contribution in [0.1, 0.15) is 30.5 Å². The minimum atomic E-state index is -3.33. The van der Waals surface area contributed by atoms with E-state index in [1.165, 1.54) is 5.56 Å². The number of nitriles is 1. The standard InChI is InChI=1S/C20H22NO3PS/c1-3-23-25(22,24-4-2)15-20(19-12-10-17(14-21)11-13-19)26-16-18-8-6-5-7-9-18/h5-13,15H,3-4,16H2,1-2H3/b20-15+. The highest BCUT2D eigenvalue weighted by Gasteiger charge is 2.22. The molecule has 0 radical (unpaired) electrons. The summed E-state index contributed by atoms with van der Waals surface area (Å²) in [6.45, 7) is 4.19. The van der Waals surface area contributed by atoms with Crippen LogP contribution in [0.5, 0.6) is 0 Å². The van der Waals surface area contributed by atoms with Crippen LogP contribution in [0.15, 0.2) is 60.4 Å². The zero-order valence-electron chi connectivity index (χ0n) is 14.9. The lowest BCUT2D eigenvalue weighted by atomic mass is 10.1. The smallest absolute Gasteiger partial charge is 0.306 e. The van der Waals surface area contributed by atoms with Gasteiger partial charge in [0.2, 0.25) is 0 Å². The first kappa shape index (κ1) is 20.5. The number of hydrogen-bond acceptors (Lipinski definition) is 5. The Balaban J connectivity index is 2.34. The molecule has 0 aliphatic heterocycles. The lowest BCUT2D eigenvalue weighted by Gasteiger charge is -2.16. The molecule has 136 valence electrons. The van der Waals surface area contributed by atoms with Crippen LogP contribution < -0.4 is 0 Å². The fourth-order valence-corrected chi connectivity index (χ4v) is 5.14. The quantitative estimate of drug-likeness (QED) is 0.490. The summed E-state index contributed by atoms with van der Waals surface area (Å²) in [6, 6.07) is 19.4. The van der Waals surface area contributed by atoms with E-state index >= 15 is 0 Å². The molecule has 0 aliphatic rings. The molecule has 26 heavy (non-hydrogen) atoms. The normalized spacial score (nSPS) is 12.0. The van der Waals surface area contributed by atoms with Gasteiger partial charge in [-0.2, -0.15) is 5.26 Å². The Hall–Kier alpha value is -1.83. The molecule has 0 atom stereocenters. The Labute approximate surface area is 159 Å². The minimum absolute atomic E-state index is 0.303. The number of hydrogen-bond donors (Lipinski definition) is 0.